The molecule has 0 spiro atoms. The molecule has 5 heteroatoms. The molecule has 0 radical (unpaired) electrons. The van der Waals surface area contributed by atoms with Gasteiger partial charge in [-0.05, 0) is 31.0 Å². The summed E-state index contributed by atoms with van der Waals surface area (Å²) in [4.78, 5) is 0. The van der Waals surface area contributed by atoms with Gasteiger partial charge in [0, 0.05) is 13.2 Å². The Labute approximate surface area is 113 Å². The third-order valence-corrected chi connectivity index (χ3v) is 2.66. The first kappa shape index (κ1) is 15.1. The maximum atomic E-state index is 6.19. The number of rotatable bonds is 7. The monoisotopic (exact) mass is 273 g/mol. The highest BCUT2D eigenvalue weighted by Gasteiger charge is 2.12. The molecule has 0 fully saturated rings. The number of ether oxygens (including phenoxy) is 3. The quantitative estimate of drug-likeness (QED) is 0.775. The summed E-state index contributed by atoms with van der Waals surface area (Å²) in [6.45, 7) is 2.88. The number of benzene rings is 1. The predicted molar refractivity (Wildman–Crippen MR) is 72.7 cm³/mol. The van der Waals surface area contributed by atoms with Crippen LogP contribution in [0.3, 0.4) is 0 Å². The van der Waals surface area contributed by atoms with Crippen molar-refractivity contribution in [2.75, 3.05) is 27.4 Å². The van der Waals surface area contributed by atoms with Crippen LogP contribution in [0.25, 0.3) is 0 Å². The smallest absolute Gasteiger partial charge is 0.179 e. The zero-order valence-corrected chi connectivity index (χ0v) is 11.8. The lowest BCUT2D eigenvalue weighted by atomic mass is 10.1. The van der Waals surface area contributed by atoms with E-state index in [2.05, 4.69) is 0 Å². The lowest BCUT2D eigenvalue weighted by Gasteiger charge is -2.14. The molecule has 0 aromatic heterocycles. The van der Waals surface area contributed by atoms with Crippen LogP contribution < -0.4 is 15.2 Å². The average molecular weight is 274 g/mol. The van der Waals surface area contributed by atoms with Crippen LogP contribution in [0.5, 0.6) is 11.5 Å². The summed E-state index contributed by atoms with van der Waals surface area (Å²) in [5.41, 5.74) is 6.80. The van der Waals surface area contributed by atoms with Gasteiger partial charge >= 0.3 is 0 Å². The van der Waals surface area contributed by atoms with Crippen LogP contribution in [0, 0.1) is 0 Å². The van der Waals surface area contributed by atoms with Gasteiger partial charge in [-0.3, -0.25) is 0 Å². The minimum absolute atomic E-state index is 0.0750. The summed E-state index contributed by atoms with van der Waals surface area (Å²) < 4.78 is 15.8. The summed E-state index contributed by atoms with van der Waals surface area (Å²) in [7, 11) is 3.21. The molecule has 1 unspecified atom stereocenters. The van der Waals surface area contributed by atoms with E-state index >= 15 is 0 Å². The minimum atomic E-state index is 0.0750. The van der Waals surface area contributed by atoms with Gasteiger partial charge in [0.25, 0.3) is 0 Å². The summed E-state index contributed by atoms with van der Waals surface area (Å²) in [6.07, 6.45) is 0.744. The fourth-order valence-corrected chi connectivity index (χ4v) is 1.92. The van der Waals surface area contributed by atoms with Gasteiger partial charge in [-0.25, -0.2) is 0 Å². The largest absolute Gasteiger partial charge is 0.493 e. The fourth-order valence-electron chi connectivity index (χ4n) is 1.63. The van der Waals surface area contributed by atoms with E-state index in [0.29, 0.717) is 29.7 Å². The maximum Gasteiger partial charge on any atom is 0.179 e. The standard InChI is InChI=1S/C13H20ClNO3/c1-9(15)6-10-7-11(14)13(12(8-10)17-3)18-5-4-16-2/h7-9H,4-6,15H2,1-3H3. The van der Waals surface area contributed by atoms with Gasteiger partial charge in [-0.1, -0.05) is 11.6 Å². The Morgan fingerprint density at radius 1 is 1.28 bits per heavy atom. The van der Waals surface area contributed by atoms with E-state index in [1.54, 1.807) is 14.2 Å². The molecule has 0 bridgehead atoms. The van der Waals surface area contributed by atoms with Gasteiger partial charge in [0.05, 0.1) is 18.7 Å². The molecule has 0 aliphatic heterocycles. The van der Waals surface area contributed by atoms with E-state index in [1.165, 1.54) is 0 Å². The van der Waals surface area contributed by atoms with Gasteiger partial charge in [0.1, 0.15) is 6.61 Å². The van der Waals surface area contributed by atoms with Crippen LogP contribution in [-0.2, 0) is 11.2 Å². The Hall–Kier alpha value is -0.970. The molecular formula is C13H20ClNO3. The highest BCUT2D eigenvalue weighted by molar-refractivity contribution is 6.32. The van der Waals surface area contributed by atoms with E-state index in [0.717, 1.165) is 12.0 Å². The van der Waals surface area contributed by atoms with E-state index in [-0.39, 0.29) is 6.04 Å². The zero-order valence-electron chi connectivity index (χ0n) is 11.0. The van der Waals surface area contributed by atoms with Crippen molar-refractivity contribution in [3.63, 3.8) is 0 Å². The molecule has 2 N–H and O–H groups in total. The summed E-state index contributed by atoms with van der Waals surface area (Å²) in [6, 6.07) is 3.83. The van der Waals surface area contributed by atoms with Gasteiger partial charge in [-0.2, -0.15) is 0 Å². The van der Waals surface area contributed by atoms with Crippen LogP contribution in [-0.4, -0.2) is 33.5 Å². The van der Waals surface area contributed by atoms with E-state index in [9.17, 15) is 0 Å². The molecule has 0 aliphatic carbocycles. The van der Waals surface area contributed by atoms with Crippen LogP contribution in [0.15, 0.2) is 12.1 Å². The molecule has 1 atom stereocenters. The van der Waals surface area contributed by atoms with E-state index in [4.69, 9.17) is 31.5 Å². The van der Waals surface area contributed by atoms with Crippen molar-refractivity contribution in [2.24, 2.45) is 5.73 Å². The number of hydrogen-bond acceptors (Lipinski definition) is 4. The highest BCUT2D eigenvalue weighted by atomic mass is 35.5. The molecule has 0 aliphatic rings. The molecule has 102 valence electrons. The molecule has 4 nitrogen and oxygen atoms in total. The van der Waals surface area contributed by atoms with E-state index < -0.39 is 0 Å². The van der Waals surface area contributed by atoms with Crippen LogP contribution in [0.1, 0.15) is 12.5 Å². The summed E-state index contributed by atoms with van der Waals surface area (Å²) >= 11 is 6.19. The summed E-state index contributed by atoms with van der Waals surface area (Å²) in [5, 5.41) is 0.529. The second-order valence-corrected chi connectivity index (χ2v) is 4.54. The SMILES string of the molecule is COCCOc1c(Cl)cc(CC(C)N)cc1OC. The van der Waals surface area contributed by atoms with Crippen LogP contribution >= 0.6 is 11.6 Å². The average Bonchev–Trinajstić information content (AvgIpc) is 2.30. The van der Waals surface area contributed by atoms with Crippen LogP contribution in [0.2, 0.25) is 5.02 Å². The predicted octanol–water partition coefficient (Wildman–Crippen LogP) is 2.26. The van der Waals surface area contributed by atoms with Gasteiger partial charge in [0.2, 0.25) is 0 Å². The number of methoxy groups -OCH3 is 2. The van der Waals surface area contributed by atoms with E-state index in [1.807, 2.05) is 19.1 Å². The first-order valence-electron chi connectivity index (χ1n) is 5.82. The summed E-state index contributed by atoms with van der Waals surface area (Å²) in [5.74, 6) is 1.17. The third kappa shape index (κ3) is 4.37. The van der Waals surface area contributed by atoms with Gasteiger partial charge in [0.15, 0.2) is 11.5 Å². The Morgan fingerprint density at radius 3 is 2.56 bits per heavy atom. The normalized spacial score (nSPS) is 12.3. The maximum absolute atomic E-state index is 6.19. The first-order valence-corrected chi connectivity index (χ1v) is 6.20. The number of halogens is 1. The Kier molecular flexibility index (Phi) is 6.25. The minimum Gasteiger partial charge on any atom is -0.493 e. The molecule has 1 aromatic rings. The number of nitrogens with two attached hydrogens (primary N) is 1. The van der Waals surface area contributed by atoms with Gasteiger partial charge in [-0.15, -0.1) is 0 Å². The van der Waals surface area contributed by atoms with Crippen LogP contribution in [0.4, 0.5) is 0 Å². The molecule has 0 amide bonds. The second-order valence-electron chi connectivity index (χ2n) is 4.13. The molecule has 1 rings (SSSR count). The number of hydrogen-bond donors (Lipinski definition) is 1. The third-order valence-electron chi connectivity index (χ3n) is 2.38. The fraction of sp³-hybridized carbons (Fsp3) is 0.538. The van der Waals surface area contributed by atoms with Gasteiger partial charge < -0.3 is 19.9 Å². The Balaban J connectivity index is 2.89. The topological polar surface area (TPSA) is 53.7 Å². The zero-order chi connectivity index (χ0) is 13.5. The molecular weight excluding hydrogens is 254 g/mol. The van der Waals surface area contributed by atoms with Crippen molar-refractivity contribution in [2.45, 2.75) is 19.4 Å². The Bertz CT molecular complexity index is 383. The molecule has 0 saturated heterocycles. The molecule has 18 heavy (non-hydrogen) atoms. The molecule has 0 saturated carbocycles. The second kappa shape index (κ2) is 7.46. The van der Waals surface area contributed by atoms with Crippen molar-refractivity contribution in [1.82, 2.24) is 0 Å². The first-order chi connectivity index (χ1) is 8.58. The molecule has 0 heterocycles. The van der Waals surface area contributed by atoms with Crippen molar-refractivity contribution < 1.29 is 14.2 Å². The highest BCUT2D eigenvalue weighted by Crippen LogP contribution is 2.36. The van der Waals surface area contributed by atoms with Crippen molar-refractivity contribution in [3.05, 3.63) is 22.7 Å². The lowest BCUT2D eigenvalue weighted by Crippen LogP contribution is -2.17. The van der Waals surface area contributed by atoms with Crippen molar-refractivity contribution >= 4 is 11.6 Å². The Morgan fingerprint density at radius 2 is 2.00 bits per heavy atom. The van der Waals surface area contributed by atoms with Crippen molar-refractivity contribution in [3.8, 4) is 11.5 Å². The van der Waals surface area contributed by atoms with Crippen molar-refractivity contribution in [1.29, 1.82) is 0 Å². The molecule has 1 aromatic carbocycles. The lowest BCUT2D eigenvalue weighted by molar-refractivity contribution is 0.144.